The van der Waals surface area contributed by atoms with Gasteiger partial charge in [-0.25, -0.2) is 4.57 Å². The summed E-state index contributed by atoms with van der Waals surface area (Å²) in [5, 5.41) is 0.291. The Bertz CT molecular complexity index is 232. The van der Waals surface area contributed by atoms with E-state index >= 15 is 0 Å². The first-order valence-corrected chi connectivity index (χ1v) is 7.97. The monoisotopic (exact) mass is 236 g/mol. The van der Waals surface area contributed by atoms with Crippen LogP contribution in [0.4, 0.5) is 0 Å². The molecule has 1 aliphatic rings. The zero-order valence-corrected chi connectivity index (χ0v) is 10.4. The Morgan fingerprint density at radius 2 is 2.07 bits per heavy atom. The molecule has 1 atom stereocenters. The van der Waals surface area contributed by atoms with Crippen LogP contribution < -0.4 is 0 Å². The van der Waals surface area contributed by atoms with E-state index in [9.17, 15) is 4.57 Å². The molecule has 5 heteroatoms. The van der Waals surface area contributed by atoms with Gasteiger partial charge in [-0.3, -0.25) is 0 Å². The SMILES string of the molecule is CCOP(=O)(OCC)SC1C=CCC1. The Hall–Kier alpha value is 0.240. The molecule has 1 unspecified atom stereocenters. The van der Waals surface area contributed by atoms with Gasteiger partial charge in [0.05, 0.1) is 13.2 Å². The molecule has 0 aromatic carbocycles. The van der Waals surface area contributed by atoms with Gasteiger partial charge < -0.3 is 9.05 Å². The van der Waals surface area contributed by atoms with Crippen LogP contribution in [0.5, 0.6) is 0 Å². The molecule has 1 rings (SSSR count). The van der Waals surface area contributed by atoms with Gasteiger partial charge in [-0.2, -0.15) is 0 Å². The normalized spacial score (nSPS) is 21.7. The Morgan fingerprint density at radius 3 is 2.50 bits per heavy atom. The molecule has 0 saturated heterocycles. The molecule has 82 valence electrons. The van der Waals surface area contributed by atoms with E-state index in [0.717, 1.165) is 12.8 Å². The van der Waals surface area contributed by atoms with Crippen molar-refractivity contribution in [2.75, 3.05) is 13.2 Å². The zero-order chi connectivity index (χ0) is 10.4. The summed E-state index contributed by atoms with van der Waals surface area (Å²) in [6.45, 7) is 1.62. The minimum Gasteiger partial charge on any atom is -0.301 e. The molecule has 14 heavy (non-hydrogen) atoms. The molecule has 0 saturated carbocycles. The molecule has 0 aromatic heterocycles. The van der Waals surface area contributed by atoms with E-state index in [1.165, 1.54) is 11.4 Å². The third kappa shape index (κ3) is 3.77. The van der Waals surface area contributed by atoms with Crippen molar-refractivity contribution in [1.82, 2.24) is 0 Å². The van der Waals surface area contributed by atoms with Gasteiger partial charge in [-0.05, 0) is 38.1 Å². The highest BCUT2D eigenvalue weighted by molar-refractivity contribution is 8.55. The van der Waals surface area contributed by atoms with Gasteiger partial charge in [0.25, 0.3) is 0 Å². The predicted molar refractivity (Wildman–Crippen MR) is 60.6 cm³/mol. The summed E-state index contributed by atoms with van der Waals surface area (Å²) < 4.78 is 22.4. The summed E-state index contributed by atoms with van der Waals surface area (Å²) >= 11 is 1.33. The van der Waals surface area contributed by atoms with Crippen LogP contribution in [0.2, 0.25) is 0 Å². The highest BCUT2D eigenvalue weighted by Gasteiger charge is 2.29. The van der Waals surface area contributed by atoms with Gasteiger partial charge >= 0.3 is 6.80 Å². The number of hydrogen-bond acceptors (Lipinski definition) is 4. The van der Waals surface area contributed by atoms with Crippen LogP contribution in [0.1, 0.15) is 26.7 Å². The quantitative estimate of drug-likeness (QED) is 0.521. The number of hydrogen-bond donors (Lipinski definition) is 0. The molecule has 1 aliphatic carbocycles. The second-order valence-electron chi connectivity index (χ2n) is 2.93. The number of allylic oxidation sites excluding steroid dienone is 1. The molecule has 0 radical (unpaired) electrons. The summed E-state index contributed by atoms with van der Waals surface area (Å²) in [5.41, 5.74) is 0. The van der Waals surface area contributed by atoms with Gasteiger partial charge in [-0.1, -0.05) is 12.2 Å². The molecule has 0 aliphatic heterocycles. The second kappa shape index (κ2) is 5.96. The molecular weight excluding hydrogens is 219 g/mol. The molecule has 0 amide bonds. The summed E-state index contributed by atoms with van der Waals surface area (Å²) in [6.07, 6.45) is 6.29. The Kier molecular flexibility index (Phi) is 5.24. The summed E-state index contributed by atoms with van der Waals surface area (Å²) in [5.74, 6) is 0. The molecule has 0 aromatic rings. The first-order valence-electron chi connectivity index (χ1n) is 4.94. The molecule has 0 fully saturated rings. The van der Waals surface area contributed by atoms with E-state index in [4.69, 9.17) is 9.05 Å². The van der Waals surface area contributed by atoms with Crippen LogP contribution in [-0.2, 0) is 13.6 Å². The van der Waals surface area contributed by atoms with Crippen molar-refractivity contribution in [2.24, 2.45) is 0 Å². The second-order valence-corrected chi connectivity index (χ2v) is 7.13. The zero-order valence-electron chi connectivity index (χ0n) is 8.64. The third-order valence-corrected chi connectivity index (χ3v) is 6.10. The Morgan fingerprint density at radius 1 is 1.43 bits per heavy atom. The van der Waals surface area contributed by atoms with Gasteiger partial charge in [0.1, 0.15) is 0 Å². The summed E-state index contributed by atoms with van der Waals surface area (Å²) in [6, 6.07) is 0. The predicted octanol–water partition coefficient (Wildman–Crippen LogP) is 3.62. The highest BCUT2D eigenvalue weighted by Crippen LogP contribution is 2.63. The van der Waals surface area contributed by atoms with E-state index < -0.39 is 6.80 Å². The average Bonchev–Trinajstić information content (AvgIpc) is 2.57. The molecule has 0 heterocycles. The standard InChI is InChI=1S/C9H17O3PS/c1-3-11-13(10,12-4-2)14-9-7-5-6-8-9/h5,7,9H,3-4,6,8H2,1-2H3. The minimum atomic E-state index is -2.90. The van der Waals surface area contributed by atoms with E-state index in [-0.39, 0.29) is 0 Å². The van der Waals surface area contributed by atoms with Crippen LogP contribution in [0.15, 0.2) is 12.2 Å². The lowest BCUT2D eigenvalue weighted by atomic mass is 10.4. The van der Waals surface area contributed by atoms with Crippen molar-refractivity contribution in [2.45, 2.75) is 31.9 Å². The van der Waals surface area contributed by atoms with E-state index in [0.29, 0.717) is 18.5 Å². The lowest BCUT2D eigenvalue weighted by molar-refractivity contribution is 0.237. The maximum absolute atomic E-state index is 12.1. The first-order chi connectivity index (χ1) is 6.70. The third-order valence-electron chi connectivity index (χ3n) is 1.81. The van der Waals surface area contributed by atoms with Crippen LogP contribution in [0.3, 0.4) is 0 Å². The fourth-order valence-corrected chi connectivity index (χ4v) is 5.38. The Balaban J connectivity index is 2.49. The largest absolute Gasteiger partial charge is 0.389 e. The van der Waals surface area contributed by atoms with E-state index in [1.54, 1.807) is 0 Å². The van der Waals surface area contributed by atoms with Gasteiger partial charge in [0, 0.05) is 5.25 Å². The van der Waals surface area contributed by atoms with E-state index in [2.05, 4.69) is 12.2 Å². The summed E-state index contributed by atoms with van der Waals surface area (Å²) in [4.78, 5) is 0. The van der Waals surface area contributed by atoms with Gasteiger partial charge in [-0.15, -0.1) is 0 Å². The highest BCUT2D eigenvalue weighted by atomic mass is 32.7. The minimum absolute atomic E-state index is 0.291. The fourth-order valence-electron chi connectivity index (χ4n) is 1.27. The average molecular weight is 236 g/mol. The summed E-state index contributed by atoms with van der Waals surface area (Å²) in [7, 11) is 0. The van der Waals surface area contributed by atoms with Crippen LogP contribution in [-0.4, -0.2) is 18.5 Å². The van der Waals surface area contributed by atoms with Crippen LogP contribution in [0, 0.1) is 0 Å². The van der Waals surface area contributed by atoms with Crippen molar-refractivity contribution < 1.29 is 13.6 Å². The maximum atomic E-state index is 12.1. The topological polar surface area (TPSA) is 35.5 Å². The van der Waals surface area contributed by atoms with Crippen molar-refractivity contribution in [1.29, 1.82) is 0 Å². The van der Waals surface area contributed by atoms with Crippen molar-refractivity contribution >= 4 is 18.2 Å². The van der Waals surface area contributed by atoms with Crippen molar-refractivity contribution in [3.8, 4) is 0 Å². The van der Waals surface area contributed by atoms with Gasteiger partial charge in [0.15, 0.2) is 0 Å². The number of rotatable bonds is 6. The Labute approximate surface area is 89.5 Å². The molecule has 0 spiro atoms. The smallest absolute Gasteiger partial charge is 0.301 e. The molecule has 0 N–H and O–H groups in total. The van der Waals surface area contributed by atoms with Crippen LogP contribution >= 0.6 is 18.2 Å². The fraction of sp³-hybridized carbons (Fsp3) is 0.778. The lowest BCUT2D eigenvalue weighted by Crippen LogP contribution is -1.98. The maximum Gasteiger partial charge on any atom is 0.389 e. The molecular formula is C9H17O3PS. The van der Waals surface area contributed by atoms with E-state index in [1.807, 2.05) is 13.8 Å². The van der Waals surface area contributed by atoms with Gasteiger partial charge in [0.2, 0.25) is 0 Å². The first kappa shape index (κ1) is 12.3. The molecule has 3 nitrogen and oxygen atoms in total. The van der Waals surface area contributed by atoms with Crippen molar-refractivity contribution in [3.63, 3.8) is 0 Å². The molecule has 0 bridgehead atoms. The lowest BCUT2D eigenvalue weighted by Gasteiger charge is -2.18. The van der Waals surface area contributed by atoms with Crippen molar-refractivity contribution in [3.05, 3.63) is 12.2 Å². The van der Waals surface area contributed by atoms with Crippen LogP contribution in [0.25, 0.3) is 0 Å².